The van der Waals surface area contributed by atoms with Crippen LogP contribution in [0.5, 0.6) is 0 Å². The highest BCUT2D eigenvalue weighted by Gasteiger charge is 2.26. The maximum Gasteiger partial charge on any atom is 0.251 e. The van der Waals surface area contributed by atoms with Crippen molar-refractivity contribution in [3.63, 3.8) is 0 Å². The predicted octanol–water partition coefficient (Wildman–Crippen LogP) is 4.26. The molecule has 0 atom stereocenters. The number of aromatic nitrogens is 1. The Labute approximate surface area is 130 Å². The van der Waals surface area contributed by atoms with Gasteiger partial charge in [0.05, 0.1) is 17.2 Å². The number of carbonyl (C=O) groups is 1. The Hall–Kier alpha value is -1.10. The summed E-state index contributed by atoms with van der Waals surface area (Å²) in [6.45, 7) is 0.423. The number of amides is 1. The molecule has 1 aromatic carbocycles. The first-order chi connectivity index (χ1) is 9.61. The molecule has 1 heterocycles. The zero-order valence-corrected chi connectivity index (χ0v) is 12.9. The lowest BCUT2D eigenvalue weighted by molar-refractivity contribution is 0.0950. The van der Waals surface area contributed by atoms with Gasteiger partial charge in [-0.05, 0) is 31.0 Å². The molecule has 3 rings (SSSR count). The average molecular weight is 327 g/mol. The van der Waals surface area contributed by atoms with Gasteiger partial charge in [0.1, 0.15) is 0 Å². The molecule has 1 saturated carbocycles. The van der Waals surface area contributed by atoms with E-state index in [1.807, 2.05) is 5.38 Å². The number of nitrogens with one attached hydrogen (secondary N) is 1. The molecule has 20 heavy (non-hydrogen) atoms. The molecule has 0 spiro atoms. The quantitative estimate of drug-likeness (QED) is 0.912. The van der Waals surface area contributed by atoms with Crippen molar-refractivity contribution in [1.29, 1.82) is 0 Å². The summed E-state index contributed by atoms with van der Waals surface area (Å²) >= 11 is 13.4. The SMILES string of the molecule is O=C(NCc1csc(C2CC2)n1)c1cc(Cl)cc(Cl)c1. The lowest BCUT2D eigenvalue weighted by atomic mass is 10.2. The Bertz CT molecular complexity index is 632. The Kier molecular flexibility index (Phi) is 3.96. The minimum Gasteiger partial charge on any atom is -0.346 e. The minimum absolute atomic E-state index is 0.199. The van der Waals surface area contributed by atoms with Gasteiger partial charge in [0.2, 0.25) is 0 Å². The average Bonchev–Trinajstić information content (AvgIpc) is 3.14. The summed E-state index contributed by atoms with van der Waals surface area (Å²) in [5.41, 5.74) is 1.36. The van der Waals surface area contributed by atoms with Crippen molar-refractivity contribution >= 4 is 40.4 Å². The highest BCUT2D eigenvalue weighted by Crippen LogP contribution is 2.41. The van der Waals surface area contributed by atoms with Gasteiger partial charge in [0.25, 0.3) is 5.91 Å². The fraction of sp³-hybridized carbons (Fsp3) is 0.286. The van der Waals surface area contributed by atoms with Crippen molar-refractivity contribution in [2.24, 2.45) is 0 Å². The van der Waals surface area contributed by atoms with Crippen LogP contribution >= 0.6 is 34.5 Å². The number of hydrogen-bond donors (Lipinski definition) is 1. The van der Waals surface area contributed by atoms with Crippen molar-refractivity contribution in [2.45, 2.75) is 25.3 Å². The van der Waals surface area contributed by atoms with E-state index in [0.717, 1.165) is 5.69 Å². The van der Waals surface area contributed by atoms with Crippen LogP contribution in [0.2, 0.25) is 10.0 Å². The summed E-state index contributed by atoms with van der Waals surface area (Å²) in [6.07, 6.45) is 2.47. The molecule has 104 valence electrons. The van der Waals surface area contributed by atoms with Gasteiger partial charge in [-0.1, -0.05) is 23.2 Å². The molecule has 0 saturated heterocycles. The number of halogens is 2. The van der Waals surface area contributed by atoms with Gasteiger partial charge in [-0.25, -0.2) is 4.98 Å². The molecule has 0 radical (unpaired) electrons. The topological polar surface area (TPSA) is 42.0 Å². The lowest BCUT2D eigenvalue weighted by Gasteiger charge is -2.04. The Morgan fingerprint density at radius 1 is 1.30 bits per heavy atom. The van der Waals surface area contributed by atoms with Crippen molar-refractivity contribution in [3.05, 3.63) is 49.9 Å². The molecule has 1 amide bonds. The zero-order chi connectivity index (χ0) is 14.1. The fourth-order valence-electron chi connectivity index (χ4n) is 1.88. The fourth-order valence-corrected chi connectivity index (χ4v) is 3.40. The maximum absolute atomic E-state index is 12.0. The van der Waals surface area contributed by atoms with Gasteiger partial charge in [-0.2, -0.15) is 0 Å². The first-order valence-corrected chi connectivity index (χ1v) is 7.94. The van der Waals surface area contributed by atoms with Crippen LogP contribution in [0, 0.1) is 0 Å². The summed E-state index contributed by atoms with van der Waals surface area (Å²) in [5, 5.41) is 6.91. The largest absolute Gasteiger partial charge is 0.346 e. The van der Waals surface area contributed by atoms with Crippen LogP contribution < -0.4 is 5.32 Å². The minimum atomic E-state index is -0.199. The Balaban J connectivity index is 1.63. The Morgan fingerprint density at radius 3 is 2.65 bits per heavy atom. The van der Waals surface area contributed by atoms with Crippen molar-refractivity contribution in [3.8, 4) is 0 Å². The monoisotopic (exact) mass is 326 g/mol. The molecule has 3 nitrogen and oxygen atoms in total. The third-order valence-electron chi connectivity index (χ3n) is 3.05. The molecule has 0 bridgehead atoms. The number of benzene rings is 1. The van der Waals surface area contributed by atoms with Gasteiger partial charge in [0.15, 0.2) is 0 Å². The summed E-state index contributed by atoms with van der Waals surface area (Å²) in [4.78, 5) is 16.5. The molecule has 1 aliphatic rings. The summed E-state index contributed by atoms with van der Waals surface area (Å²) < 4.78 is 0. The third-order valence-corrected chi connectivity index (χ3v) is 4.54. The van der Waals surface area contributed by atoms with Crippen LogP contribution in [0.3, 0.4) is 0 Å². The van der Waals surface area contributed by atoms with Gasteiger partial charge in [-0.3, -0.25) is 4.79 Å². The van der Waals surface area contributed by atoms with Crippen LogP contribution in [-0.4, -0.2) is 10.9 Å². The van der Waals surface area contributed by atoms with Crippen molar-refractivity contribution in [2.75, 3.05) is 0 Å². The second-order valence-corrected chi connectivity index (χ2v) is 6.55. The lowest BCUT2D eigenvalue weighted by Crippen LogP contribution is -2.22. The van der Waals surface area contributed by atoms with Gasteiger partial charge in [0, 0.05) is 26.9 Å². The molecule has 1 aromatic heterocycles. The van der Waals surface area contributed by atoms with Crippen LogP contribution in [0.4, 0.5) is 0 Å². The van der Waals surface area contributed by atoms with Crippen LogP contribution in [0.15, 0.2) is 23.6 Å². The van der Waals surface area contributed by atoms with E-state index in [1.54, 1.807) is 29.5 Å². The normalized spacial score (nSPS) is 14.3. The standard InChI is InChI=1S/C14H12Cl2N2OS/c15-10-3-9(4-11(16)5-10)13(19)17-6-12-7-20-14(18-12)8-1-2-8/h3-5,7-8H,1-2,6H2,(H,17,19). The number of carbonyl (C=O) groups excluding carboxylic acids is 1. The molecule has 0 aliphatic heterocycles. The van der Waals surface area contributed by atoms with Crippen molar-refractivity contribution in [1.82, 2.24) is 10.3 Å². The maximum atomic E-state index is 12.0. The molecule has 1 N–H and O–H groups in total. The molecule has 1 aliphatic carbocycles. The number of rotatable bonds is 4. The summed E-state index contributed by atoms with van der Waals surface area (Å²) in [7, 11) is 0. The molecular weight excluding hydrogens is 315 g/mol. The second-order valence-electron chi connectivity index (χ2n) is 4.79. The summed E-state index contributed by atoms with van der Waals surface area (Å²) in [6, 6.07) is 4.79. The van der Waals surface area contributed by atoms with E-state index < -0.39 is 0 Å². The van der Waals surface area contributed by atoms with E-state index in [9.17, 15) is 4.79 Å². The Morgan fingerprint density at radius 2 is 2.00 bits per heavy atom. The first-order valence-electron chi connectivity index (χ1n) is 6.30. The predicted molar refractivity (Wildman–Crippen MR) is 81.7 cm³/mol. The molecular formula is C14H12Cl2N2OS. The number of thiazole rings is 1. The van der Waals surface area contributed by atoms with Crippen LogP contribution in [-0.2, 0) is 6.54 Å². The summed E-state index contributed by atoms with van der Waals surface area (Å²) in [5.74, 6) is 0.451. The smallest absolute Gasteiger partial charge is 0.251 e. The number of hydrogen-bond acceptors (Lipinski definition) is 3. The third kappa shape index (κ3) is 3.32. The van der Waals surface area contributed by atoms with Gasteiger partial charge >= 0.3 is 0 Å². The van der Waals surface area contributed by atoms with E-state index >= 15 is 0 Å². The molecule has 1 fully saturated rings. The second kappa shape index (κ2) is 5.72. The molecule has 0 unspecified atom stereocenters. The van der Waals surface area contributed by atoms with E-state index in [0.29, 0.717) is 28.1 Å². The highest BCUT2D eigenvalue weighted by atomic mass is 35.5. The highest BCUT2D eigenvalue weighted by molar-refractivity contribution is 7.09. The van der Waals surface area contributed by atoms with Gasteiger partial charge in [-0.15, -0.1) is 11.3 Å². The van der Waals surface area contributed by atoms with E-state index in [-0.39, 0.29) is 5.91 Å². The van der Waals surface area contributed by atoms with Crippen LogP contribution in [0.25, 0.3) is 0 Å². The van der Waals surface area contributed by atoms with Crippen molar-refractivity contribution < 1.29 is 4.79 Å². The first kappa shape index (κ1) is 13.9. The van der Waals surface area contributed by atoms with E-state index in [1.165, 1.54) is 17.8 Å². The number of nitrogens with zero attached hydrogens (tertiary/aromatic N) is 1. The van der Waals surface area contributed by atoms with Crippen LogP contribution in [0.1, 0.15) is 39.8 Å². The molecule has 6 heteroatoms. The van der Waals surface area contributed by atoms with E-state index in [2.05, 4.69) is 10.3 Å². The van der Waals surface area contributed by atoms with E-state index in [4.69, 9.17) is 23.2 Å². The molecule has 2 aromatic rings. The zero-order valence-electron chi connectivity index (χ0n) is 10.5. The van der Waals surface area contributed by atoms with Gasteiger partial charge < -0.3 is 5.32 Å².